The minimum absolute atomic E-state index is 0.0105. The van der Waals surface area contributed by atoms with Gasteiger partial charge in [-0.3, -0.25) is 38.6 Å². The van der Waals surface area contributed by atoms with Gasteiger partial charge in [0.15, 0.2) is 5.78 Å². The van der Waals surface area contributed by atoms with Gasteiger partial charge >= 0.3 is 0 Å². The summed E-state index contributed by atoms with van der Waals surface area (Å²) in [7, 11) is 6.90. The van der Waals surface area contributed by atoms with E-state index in [0.717, 1.165) is 50.0 Å². The highest BCUT2D eigenvalue weighted by Crippen LogP contribution is 2.33. The van der Waals surface area contributed by atoms with Crippen LogP contribution < -0.4 is 0 Å². The number of imide groups is 1. The minimum atomic E-state index is -0.734. The van der Waals surface area contributed by atoms with Gasteiger partial charge in [-0.2, -0.15) is 0 Å². The molecule has 392 valence electrons. The number of amides is 4. The van der Waals surface area contributed by atoms with E-state index in [0.29, 0.717) is 38.8 Å². The van der Waals surface area contributed by atoms with Gasteiger partial charge in [0.2, 0.25) is 23.6 Å². The second-order valence-electron chi connectivity index (χ2n) is 21.0. The molecule has 1 aromatic rings. The lowest BCUT2D eigenvalue weighted by Gasteiger charge is -2.41. The number of carbonyl (C=O) groups excluding carboxylic acids is 6. The van der Waals surface area contributed by atoms with Crippen LogP contribution in [-0.2, 0) is 38.2 Å². The van der Waals surface area contributed by atoms with Gasteiger partial charge in [-0.05, 0) is 80.1 Å². The average molecular weight is 985 g/mol. The van der Waals surface area contributed by atoms with Crippen LogP contribution in [-0.4, -0.2) is 149 Å². The van der Waals surface area contributed by atoms with Gasteiger partial charge < -0.3 is 24.4 Å². The molecule has 0 aliphatic carbocycles. The van der Waals surface area contributed by atoms with E-state index in [1.165, 1.54) is 4.90 Å². The maximum atomic E-state index is 14.7. The largest absolute Gasteiger partial charge is 0.388 e. The van der Waals surface area contributed by atoms with Gasteiger partial charge in [0.1, 0.15) is 5.78 Å². The Morgan fingerprint density at radius 3 is 2.10 bits per heavy atom. The molecule has 0 saturated carbocycles. The number of Topliss-reactive ketones (excluding diaryl/α,β-unsaturated/α-hetero) is 2. The maximum absolute atomic E-state index is 14.7. The topological polar surface area (TPSA) is 154 Å². The van der Waals surface area contributed by atoms with Crippen LogP contribution in [0.3, 0.4) is 0 Å². The Balaban J connectivity index is 1.63. The Kier molecular flexibility index (Phi) is 26.1. The van der Waals surface area contributed by atoms with Crippen molar-refractivity contribution in [2.45, 2.75) is 187 Å². The lowest BCUT2D eigenvalue weighted by Crippen LogP contribution is -2.53. The SMILES string of the molecule is CCCCSC1CC(=O)N(CCCCCC(=O)N(C)[C@H](C(=O)C[C@H](C(=O)N(C)C([C@@H](C)CC)[C@@H](CCN2CCC[C@H]2[C@H](OC)[C@@H](C)C(=O)C[C@H](C)[C@@H](O)c2ccccc2)OC)C(C)C)C(C)C)C1=O. The highest BCUT2D eigenvalue weighted by atomic mass is 32.2. The second kappa shape index (κ2) is 30.0. The van der Waals surface area contributed by atoms with Crippen LogP contribution in [0.1, 0.15) is 157 Å². The molecule has 2 saturated heterocycles. The molecule has 2 heterocycles. The molecule has 1 aromatic carbocycles. The Hall–Kier alpha value is -3.17. The van der Waals surface area contributed by atoms with Crippen LogP contribution in [0, 0.1) is 35.5 Å². The first kappa shape index (κ1) is 60.1. The fourth-order valence-corrected chi connectivity index (χ4v) is 12.0. The van der Waals surface area contributed by atoms with E-state index in [4.69, 9.17) is 9.47 Å². The predicted molar refractivity (Wildman–Crippen MR) is 276 cm³/mol. The van der Waals surface area contributed by atoms with E-state index in [1.54, 1.807) is 37.9 Å². The van der Waals surface area contributed by atoms with E-state index < -0.39 is 18.1 Å². The third kappa shape index (κ3) is 17.0. The molecule has 1 N–H and O–H groups in total. The van der Waals surface area contributed by atoms with Crippen molar-refractivity contribution >= 4 is 47.0 Å². The summed E-state index contributed by atoms with van der Waals surface area (Å²) in [4.78, 5) is 88.9. The molecule has 2 aliphatic rings. The van der Waals surface area contributed by atoms with Crippen molar-refractivity contribution < 1.29 is 43.3 Å². The first-order chi connectivity index (χ1) is 32.7. The molecule has 13 nitrogen and oxygen atoms in total. The number of aliphatic hydroxyl groups is 1. The van der Waals surface area contributed by atoms with Crippen molar-refractivity contribution in [3.8, 4) is 0 Å². The van der Waals surface area contributed by atoms with Gasteiger partial charge in [-0.15, -0.1) is 11.8 Å². The summed E-state index contributed by atoms with van der Waals surface area (Å²) in [5, 5.41) is 10.7. The number of likely N-dealkylation sites (N-methyl/N-ethyl adjacent to an activating group) is 2. The van der Waals surface area contributed by atoms with Gasteiger partial charge in [-0.1, -0.05) is 112 Å². The normalized spacial score (nSPS) is 20.7. The minimum Gasteiger partial charge on any atom is -0.388 e. The zero-order valence-corrected chi connectivity index (χ0v) is 45.6. The number of thioether (sulfide) groups is 1. The van der Waals surface area contributed by atoms with Gasteiger partial charge in [0.25, 0.3) is 0 Å². The highest BCUT2D eigenvalue weighted by Gasteiger charge is 2.42. The third-order valence-corrected chi connectivity index (χ3v) is 16.6. The molecular formula is C55H92N4O9S. The number of aliphatic hydroxyl groups excluding tert-OH is 1. The number of rotatable bonds is 33. The molecule has 2 aliphatic heterocycles. The number of carbonyl (C=O) groups is 6. The van der Waals surface area contributed by atoms with Crippen molar-refractivity contribution in [1.82, 2.24) is 19.6 Å². The van der Waals surface area contributed by atoms with Gasteiger partial charge in [-0.25, -0.2) is 0 Å². The summed E-state index contributed by atoms with van der Waals surface area (Å²) in [6.07, 6.45) is 6.71. The number of ketones is 2. The standard InChI is InChI=1S/C55H92N4O9S/c1-14-16-32-69-47-35-49(63)59(55(47)66)30-22-18-21-27-48(62)56(10)50(37(5)6)45(61)34-42(36(3)4)54(65)57(11)51(38(7)15-2)46(67-12)28-31-58-29-23-26-43(58)53(68-13)40(9)44(60)33-39(8)52(64)41-24-19-17-20-25-41/h17,19-20,24-25,36-40,42-43,46-47,50-53,64H,14-16,18,21-23,26-35H2,1-13H3/t38-,39-,40-,42-,43-,46+,47?,50-,51?,52+,53+/m0/s1. The Bertz CT molecular complexity index is 1760. The highest BCUT2D eigenvalue weighted by molar-refractivity contribution is 8.00. The molecule has 69 heavy (non-hydrogen) atoms. The number of methoxy groups -OCH3 is 2. The summed E-state index contributed by atoms with van der Waals surface area (Å²) in [6, 6.07) is 8.54. The molecule has 0 radical (unpaired) electrons. The molecule has 2 fully saturated rings. The smallest absolute Gasteiger partial charge is 0.242 e. The molecule has 3 rings (SSSR count). The van der Waals surface area contributed by atoms with Crippen molar-refractivity contribution in [3.63, 3.8) is 0 Å². The van der Waals surface area contributed by atoms with E-state index in [9.17, 15) is 33.9 Å². The molecular weight excluding hydrogens is 893 g/mol. The van der Waals surface area contributed by atoms with Crippen molar-refractivity contribution in [2.75, 3.05) is 53.7 Å². The van der Waals surface area contributed by atoms with Crippen LogP contribution >= 0.6 is 11.8 Å². The second-order valence-corrected chi connectivity index (χ2v) is 22.3. The molecule has 0 aromatic heterocycles. The number of ether oxygens (including phenoxy) is 2. The molecule has 14 heteroatoms. The van der Waals surface area contributed by atoms with Crippen LogP contribution in [0.2, 0.25) is 0 Å². The first-order valence-electron chi connectivity index (χ1n) is 26.3. The quantitative estimate of drug-likeness (QED) is 0.0532. The van der Waals surface area contributed by atoms with Crippen molar-refractivity contribution in [2.24, 2.45) is 35.5 Å². The number of hydrogen-bond acceptors (Lipinski definition) is 11. The number of benzene rings is 1. The predicted octanol–water partition coefficient (Wildman–Crippen LogP) is 8.64. The monoisotopic (exact) mass is 985 g/mol. The van der Waals surface area contributed by atoms with Crippen molar-refractivity contribution in [3.05, 3.63) is 35.9 Å². The first-order valence-corrected chi connectivity index (χ1v) is 27.4. The van der Waals surface area contributed by atoms with Crippen LogP contribution in [0.15, 0.2) is 30.3 Å². The van der Waals surface area contributed by atoms with Crippen LogP contribution in [0.4, 0.5) is 0 Å². The van der Waals surface area contributed by atoms with Crippen molar-refractivity contribution in [1.29, 1.82) is 0 Å². The van der Waals surface area contributed by atoms with Gasteiger partial charge in [0.05, 0.1) is 35.6 Å². The molecule has 0 spiro atoms. The molecule has 0 bridgehead atoms. The number of unbranched alkanes of at least 4 members (excludes halogenated alkanes) is 3. The maximum Gasteiger partial charge on any atom is 0.242 e. The number of hydrogen-bond donors (Lipinski definition) is 1. The van der Waals surface area contributed by atoms with E-state index in [1.807, 2.05) is 83.8 Å². The Labute approximate surface area is 420 Å². The van der Waals surface area contributed by atoms with Crippen LogP contribution in [0.5, 0.6) is 0 Å². The number of likely N-dealkylation sites (tertiary alicyclic amines) is 2. The Morgan fingerprint density at radius 1 is 0.826 bits per heavy atom. The van der Waals surface area contributed by atoms with E-state index in [2.05, 4.69) is 25.7 Å². The summed E-state index contributed by atoms with van der Waals surface area (Å²) in [5.74, 6) is -1.08. The zero-order chi connectivity index (χ0) is 51.5. The van der Waals surface area contributed by atoms with E-state index >= 15 is 0 Å². The summed E-state index contributed by atoms with van der Waals surface area (Å²) in [5.41, 5.74) is 0.802. The molecule has 2 unspecified atom stereocenters. The average Bonchev–Trinajstić information content (AvgIpc) is 3.90. The molecule has 4 amide bonds. The van der Waals surface area contributed by atoms with Crippen LogP contribution in [0.25, 0.3) is 0 Å². The summed E-state index contributed by atoms with van der Waals surface area (Å²) >= 11 is 1.57. The van der Waals surface area contributed by atoms with Gasteiger partial charge in [0, 0.05) is 85.0 Å². The fourth-order valence-electron chi connectivity index (χ4n) is 10.8. The molecule has 11 atom stereocenters. The summed E-state index contributed by atoms with van der Waals surface area (Å²) in [6.45, 7) is 20.0. The van der Waals surface area contributed by atoms with E-state index in [-0.39, 0.29) is 120 Å². The third-order valence-electron chi connectivity index (χ3n) is 15.3. The number of nitrogens with zero attached hydrogens (tertiary/aromatic N) is 4. The summed E-state index contributed by atoms with van der Waals surface area (Å²) < 4.78 is 12.4. The lowest BCUT2D eigenvalue weighted by molar-refractivity contribution is -0.147. The zero-order valence-electron chi connectivity index (χ0n) is 44.8. The Morgan fingerprint density at radius 2 is 1.51 bits per heavy atom. The lowest BCUT2D eigenvalue weighted by atomic mass is 9.83. The fraction of sp³-hybridized carbons (Fsp3) is 0.782.